The van der Waals surface area contributed by atoms with Crippen LogP contribution in [0.15, 0.2) is 0 Å². The minimum absolute atomic E-state index is 0.259. The Hall–Kier alpha value is -1.06. The second-order valence-corrected chi connectivity index (χ2v) is 1.23. The van der Waals surface area contributed by atoms with Gasteiger partial charge in [0.2, 0.25) is 0 Å². The molecule has 0 aromatic carbocycles. The first-order valence-electron chi connectivity index (χ1n) is 2.46. The van der Waals surface area contributed by atoms with Crippen LogP contribution in [0.5, 0.6) is 0 Å². The average molecular weight is 126 g/mol. The van der Waals surface area contributed by atoms with Gasteiger partial charge in [0, 0.05) is 14.0 Å². The first-order valence-corrected chi connectivity index (χ1v) is 2.46. The molecule has 0 bridgehead atoms. The molecule has 1 unspecified atom stereocenters. The number of ether oxygens (including phenoxy) is 1. The van der Waals surface area contributed by atoms with E-state index >= 15 is 0 Å². The zero-order chi connectivity index (χ0) is 7.70. The monoisotopic (exact) mass is 126 g/mol. The van der Waals surface area contributed by atoms with Crippen LogP contribution in [0.4, 0.5) is 0 Å². The summed E-state index contributed by atoms with van der Waals surface area (Å²) in [6.07, 6.45) is -0.259. The van der Waals surface area contributed by atoms with Crippen molar-refractivity contribution in [3.05, 3.63) is 0 Å². The highest BCUT2D eigenvalue weighted by molar-refractivity contribution is 4.77. The van der Waals surface area contributed by atoms with Crippen LogP contribution in [-0.2, 0) is 4.74 Å². The van der Waals surface area contributed by atoms with Crippen molar-refractivity contribution in [2.45, 2.75) is 20.0 Å². The van der Waals surface area contributed by atoms with Gasteiger partial charge in [-0.1, -0.05) is 0 Å². The van der Waals surface area contributed by atoms with Crippen molar-refractivity contribution in [1.29, 1.82) is 10.5 Å². The van der Waals surface area contributed by atoms with Crippen molar-refractivity contribution in [3.63, 3.8) is 0 Å². The summed E-state index contributed by atoms with van der Waals surface area (Å²) < 4.78 is 4.54. The van der Waals surface area contributed by atoms with Gasteiger partial charge in [0.05, 0.1) is 12.1 Å². The normalized spacial score (nSPS) is 9.44. The fourth-order valence-corrected chi connectivity index (χ4v) is 0.0527. The standard InChI is InChI=1S/C4H7NO.C2H3N/c1-4(3-5)6-2;1-2-3/h4H,1-2H3;1H3. The molecule has 0 spiro atoms. The van der Waals surface area contributed by atoms with E-state index in [2.05, 4.69) is 4.74 Å². The third-order valence-corrected chi connectivity index (χ3v) is 0.535. The SMILES string of the molecule is CC#N.COC(C)C#N. The lowest BCUT2D eigenvalue weighted by molar-refractivity contribution is 0.162. The molecular formula is C6H10N2O. The molecule has 0 N–H and O–H groups in total. The van der Waals surface area contributed by atoms with E-state index in [-0.39, 0.29) is 6.10 Å². The third-order valence-electron chi connectivity index (χ3n) is 0.535. The largest absolute Gasteiger partial charge is 0.367 e. The lowest BCUT2D eigenvalue weighted by Gasteiger charge is -1.91. The molecule has 1 atom stereocenters. The Balaban J connectivity index is 0. The van der Waals surface area contributed by atoms with Gasteiger partial charge >= 0.3 is 0 Å². The topological polar surface area (TPSA) is 56.8 Å². The van der Waals surface area contributed by atoms with Crippen LogP contribution in [0.2, 0.25) is 0 Å². The lowest BCUT2D eigenvalue weighted by atomic mass is 10.5. The average Bonchev–Trinajstić information content (AvgIpc) is 1.88. The van der Waals surface area contributed by atoms with Gasteiger partial charge in [-0.2, -0.15) is 10.5 Å². The summed E-state index contributed by atoms with van der Waals surface area (Å²) in [4.78, 5) is 0. The molecule has 0 rings (SSSR count). The zero-order valence-electron chi connectivity index (χ0n) is 5.88. The van der Waals surface area contributed by atoms with Gasteiger partial charge in [-0.15, -0.1) is 0 Å². The highest BCUT2D eigenvalue weighted by Gasteiger charge is 1.88. The van der Waals surface area contributed by atoms with Gasteiger partial charge in [0.1, 0.15) is 6.10 Å². The zero-order valence-corrected chi connectivity index (χ0v) is 5.88. The van der Waals surface area contributed by atoms with E-state index < -0.39 is 0 Å². The van der Waals surface area contributed by atoms with Crippen LogP contribution in [0.25, 0.3) is 0 Å². The Morgan fingerprint density at radius 2 is 1.78 bits per heavy atom. The molecule has 0 aromatic rings. The summed E-state index contributed by atoms with van der Waals surface area (Å²) >= 11 is 0. The number of hydrogen-bond acceptors (Lipinski definition) is 3. The maximum Gasteiger partial charge on any atom is 0.140 e. The molecule has 0 saturated carbocycles. The van der Waals surface area contributed by atoms with Crippen molar-refractivity contribution < 1.29 is 4.74 Å². The van der Waals surface area contributed by atoms with E-state index in [4.69, 9.17) is 10.5 Å². The maximum absolute atomic E-state index is 7.96. The van der Waals surface area contributed by atoms with E-state index in [9.17, 15) is 0 Å². The molecule has 3 nitrogen and oxygen atoms in total. The molecule has 0 amide bonds. The number of nitrogens with zero attached hydrogens (tertiary/aromatic N) is 2. The van der Waals surface area contributed by atoms with Crippen LogP contribution < -0.4 is 0 Å². The molecule has 0 aliphatic carbocycles. The van der Waals surface area contributed by atoms with Crippen LogP contribution in [0.1, 0.15) is 13.8 Å². The van der Waals surface area contributed by atoms with E-state index in [1.165, 1.54) is 14.0 Å². The quantitative estimate of drug-likeness (QED) is 0.528. The molecule has 3 heteroatoms. The molecule has 50 valence electrons. The van der Waals surface area contributed by atoms with Crippen molar-refractivity contribution >= 4 is 0 Å². The second kappa shape index (κ2) is 10.0. The minimum atomic E-state index is -0.259. The van der Waals surface area contributed by atoms with Gasteiger partial charge in [-0.3, -0.25) is 0 Å². The number of hydrogen-bond donors (Lipinski definition) is 0. The Morgan fingerprint density at radius 1 is 1.44 bits per heavy atom. The van der Waals surface area contributed by atoms with Gasteiger partial charge < -0.3 is 4.74 Å². The molecule has 0 aliphatic heterocycles. The Morgan fingerprint density at radius 3 is 1.78 bits per heavy atom. The van der Waals surface area contributed by atoms with Crippen LogP contribution in [-0.4, -0.2) is 13.2 Å². The molecule has 0 aliphatic rings. The number of nitriles is 2. The van der Waals surface area contributed by atoms with Gasteiger partial charge in [0.25, 0.3) is 0 Å². The molecule has 0 fully saturated rings. The van der Waals surface area contributed by atoms with Gasteiger partial charge in [0.15, 0.2) is 0 Å². The Labute approximate surface area is 55.5 Å². The Kier molecular flexibility index (Phi) is 12.1. The lowest BCUT2D eigenvalue weighted by Crippen LogP contribution is -1.97. The van der Waals surface area contributed by atoms with E-state index in [0.29, 0.717) is 0 Å². The predicted molar refractivity (Wildman–Crippen MR) is 33.4 cm³/mol. The fourth-order valence-electron chi connectivity index (χ4n) is 0.0527. The van der Waals surface area contributed by atoms with E-state index in [1.807, 2.05) is 6.07 Å². The molecule has 0 radical (unpaired) electrons. The highest BCUT2D eigenvalue weighted by Crippen LogP contribution is 1.78. The molecule has 0 aromatic heterocycles. The van der Waals surface area contributed by atoms with Gasteiger partial charge in [-0.05, 0) is 6.92 Å². The van der Waals surface area contributed by atoms with Crippen molar-refractivity contribution in [2.24, 2.45) is 0 Å². The van der Waals surface area contributed by atoms with Crippen molar-refractivity contribution in [1.82, 2.24) is 0 Å². The van der Waals surface area contributed by atoms with E-state index in [1.54, 1.807) is 13.0 Å². The van der Waals surface area contributed by atoms with Crippen molar-refractivity contribution in [2.75, 3.05) is 7.11 Å². The minimum Gasteiger partial charge on any atom is -0.367 e. The first kappa shape index (κ1) is 10.8. The summed E-state index contributed by atoms with van der Waals surface area (Å²) in [7, 11) is 1.51. The first-order chi connectivity index (χ1) is 4.22. The smallest absolute Gasteiger partial charge is 0.140 e. The predicted octanol–water partition coefficient (Wildman–Crippen LogP) is 1.07. The fraction of sp³-hybridized carbons (Fsp3) is 0.667. The van der Waals surface area contributed by atoms with Gasteiger partial charge in [-0.25, -0.2) is 0 Å². The number of methoxy groups -OCH3 is 1. The third kappa shape index (κ3) is 19.6. The summed E-state index contributed by atoms with van der Waals surface area (Å²) in [5, 5.41) is 15.3. The van der Waals surface area contributed by atoms with Crippen LogP contribution in [0.3, 0.4) is 0 Å². The molecule has 0 saturated heterocycles. The molecule has 0 heterocycles. The van der Waals surface area contributed by atoms with Crippen molar-refractivity contribution in [3.8, 4) is 12.1 Å². The molecular weight excluding hydrogens is 116 g/mol. The van der Waals surface area contributed by atoms with Crippen LogP contribution >= 0.6 is 0 Å². The highest BCUT2D eigenvalue weighted by atomic mass is 16.5. The van der Waals surface area contributed by atoms with Crippen LogP contribution in [0, 0.1) is 22.7 Å². The van der Waals surface area contributed by atoms with E-state index in [0.717, 1.165) is 0 Å². The number of rotatable bonds is 1. The summed E-state index contributed by atoms with van der Waals surface area (Å²) in [6, 6.07) is 3.64. The Bertz CT molecular complexity index is 120. The summed E-state index contributed by atoms with van der Waals surface area (Å²) in [6.45, 7) is 3.12. The summed E-state index contributed by atoms with van der Waals surface area (Å²) in [5.41, 5.74) is 0. The second-order valence-electron chi connectivity index (χ2n) is 1.23. The molecule has 9 heavy (non-hydrogen) atoms. The summed E-state index contributed by atoms with van der Waals surface area (Å²) in [5.74, 6) is 0. The maximum atomic E-state index is 7.96.